The van der Waals surface area contributed by atoms with Gasteiger partial charge in [0, 0.05) is 26.0 Å². The summed E-state index contributed by atoms with van der Waals surface area (Å²) in [6.07, 6.45) is 7.56. The Morgan fingerprint density at radius 3 is 3.05 bits per heavy atom. The smallest absolute Gasteiger partial charge is 0.208 e. The molecule has 6 heteroatoms. The first-order valence-electron chi connectivity index (χ1n) is 6.17. The Hall–Kier alpha value is -2.08. The molecule has 2 heterocycles. The monoisotopic (exact) mass is 261 g/mol. The molecule has 0 amide bonds. The third-order valence-corrected chi connectivity index (χ3v) is 2.65. The Labute approximate surface area is 112 Å². The molecule has 1 N–H and O–H groups in total. The van der Waals surface area contributed by atoms with Crippen molar-refractivity contribution in [2.24, 2.45) is 0 Å². The molecule has 0 aliphatic heterocycles. The van der Waals surface area contributed by atoms with Crippen LogP contribution in [0.2, 0.25) is 0 Å². The number of hydrogen-bond donors (Lipinski definition) is 1. The zero-order valence-corrected chi connectivity index (χ0v) is 11.3. The van der Waals surface area contributed by atoms with Crippen LogP contribution in [0.1, 0.15) is 5.69 Å². The number of nitrogens with one attached hydrogen (secondary N) is 1. The van der Waals surface area contributed by atoms with E-state index in [0.717, 1.165) is 23.9 Å². The maximum Gasteiger partial charge on any atom is 0.208 e. The molecule has 0 unspecified atom stereocenters. The van der Waals surface area contributed by atoms with E-state index in [2.05, 4.69) is 22.0 Å². The van der Waals surface area contributed by atoms with E-state index in [0.29, 0.717) is 13.2 Å². The van der Waals surface area contributed by atoms with Crippen molar-refractivity contribution in [3.05, 3.63) is 36.9 Å². The summed E-state index contributed by atoms with van der Waals surface area (Å²) in [6.45, 7) is 7.71. The molecule has 0 spiro atoms. The lowest BCUT2D eigenvalue weighted by Gasteiger charge is -2.05. The van der Waals surface area contributed by atoms with Crippen LogP contribution in [-0.4, -0.2) is 39.6 Å². The van der Waals surface area contributed by atoms with Crippen molar-refractivity contribution in [3.63, 3.8) is 0 Å². The maximum absolute atomic E-state index is 5.04. The number of methoxy groups -OCH3 is 1. The summed E-state index contributed by atoms with van der Waals surface area (Å²) in [5.41, 5.74) is 1.93. The third-order valence-electron chi connectivity index (χ3n) is 2.65. The normalized spacial score (nSPS) is 10.6. The zero-order chi connectivity index (χ0) is 13.7. The van der Waals surface area contributed by atoms with Gasteiger partial charge in [0.1, 0.15) is 0 Å². The molecule has 0 fully saturated rings. The molecule has 19 heavy (non-hydrogen) atoms. The second-order valence-corrected chi connectivity index (χ2v) is 4.20. The molecule has 0 bridgehead atoms. The molecule has 0 aliphatic carbocycles. The summed E-state index contributed by atoms with van der Waals surface area (Å²) in [6, 6.07) is 0. The Kier molecular flexibility index (Phi) is 4.35. The van der Waals surface area contributed by atoms with Crippen molar-refractivity contribution in [2.75, 3.05) is 25.6 Å². The molecule has 2 aromatic rings. The van der Waals surface area contributed by atoms with Gasteiger partial charge in [-0.2, -0.15) is 5.10 Å². The van der Waals surface area contributed by atoms with Gasteiger partial charge >= 0.3 is 0 Å². The Morgan fingerprint density at radius 1 is 1.47 bits per heavy atom. The highest BCUT2D eigenvalue weighted by molar-refractivity contribution is 5.41. The van der Waals surface area contributed by atoms with Crippen LogP contribution < -0.4 is 5.32 Å². The Bertz CT molecular complexity index is 543. The second-order valence-electron chi connectivity index (χ2n) is 4.20. The van der Waals surface area contributed by atoms with Gasteiger partial charge in [0.25, 0.3) is 0 Å². The van der Waals surface area contributed by atoms with E-state index < -0.39 is 0 Å². The first-order valence-corrected chi connectivity index (χ1v) is 6.17. The number of aryl methyl sites for hydroxylation is 1. The van der Waals surface area contributed by atoms with Gasteiger partial charge in [0.05, 0.1) is 30.7 Å². The third kappa shape index (κ3) is 3.23. The predicted molar refractivity (Wildman–Crippen MR) is 74.6 cm³/mol. The fraction of sp³-hybridized carbons (Fsp3) is 0.385. The highest BCUT2D eigenvalue weighted by atomic mass is 16.5. The summed E-state index contributed by atoms with van der Waals surface area (Å²) >= 11 is 0. The van der Waals surface area contributed by atoms with Crippen molar-refractivity contribution >= 4 is 5.95 Å². The second kappa shape index (κ2) is 6.19. The van der Waals surface area contributed by atoms with Gasteiger partial charge in [-0.1, -0.05) is 6.08 Å². The van der Waals surface area contributed by atoms with Crippen LogP contribution in [0.5, 0.6) is 0 Å². The van der Waals surface area contributed by atoms with Gasteiger partial charge in [-0.3, -0.25) is 9.25 Å². The number of hydrogen-bond acceptors (Lipinski definition) is 4. The number of nitrogens with zero attached hydrogens (tertiary/aromatic N) is 4. The number of rotatable bonds is 7. The van der Waals surface area contributed by atoms with Gasteiger partial charge in [0.2, 0.25) is 5.95 Å². The van der Waals surface area contributed by atoms with Gasteiger partial charge < -0.3 is 10.1 Å². The van der Waals surface area contributed by atoms with Crippen LogP contribution in [-0.2, 0) is 11.3 Å². The van der Waals surface area contributed by atoms with Crippen LogP contribution in [0.25, 0.3) is 5.69 Å². The minimum absolute atomic E-state index is 0.644. The number of anilines is 1. The first-order chi connectivity index (χ1) is 9.24. The zero-order valence-electron chi connectivity index (χ0n) is 11.3. The summed E-state index contributed by atoms with van der Waals surface area (Å²) in [5.74, 6) is 0.795. The Balaban J connectivity index is 2.20. The lowest BCUT2D eigenvalue weighted by atomic mass is 10.5. The lowest BCUT2D eigenvalue weighted by Crippen LogP contribution is -2.06. The Morgan fingerprint density at radius 2 is 2.32 bits per heavy atom. The van der Waals surface area contributed by atoms with E-state index in [4.69, 9.17) is 4.74 Å². The average Bonchev–Trinajstić information content (AvgIpc) is 3.00. The minimum Gasteiger partial charge on any atom is -0.383 e. The van der Waals surface area contributed by atoms with Crippen LogP contribution in [0.3, 0.4) is 0 Å². The summed E-state index contributed by atoms with van der Waals surface area (Å²) < 4.78 is 8.87. The van der Waals surface area contributed by atoms with E-state index in [9.17, 15) is 0 Å². The van der Waals surface area contributed by atoms with E-state index in [1.165, 1.54) is 0 Å². The minimum atomic E-state index is 0.644. The molecule has 2 rings (SSSR count). The topological polar surface area (TPSA) is 56.9 Å². The highest BCUT2D eigenvalue weighted by Gasteiger charge is 2.08. The van der Waals surface area contributed by atoms with Crippen LogP contribution >= 0.6 is 0 Å². The summed E-state index contributed by atoms with van der Waals surface area (Å²) in [7, 11) is 1.68. The quantitative estimate of drug-likeness (QED) is 0.769. The van der Waals surface area contributed by atoms with Crippen molar-refractivity contribution in [2.45, 2.75) is 13.5 Å². The van der Waals surface area contributed by atoms with E-state index >= 15 is 0 Å². The largest absolute Gasteiger partial charge is 0.383 e. The standard InChI is InChI=1S/C13H19N5O/c1-4-5-14-13-16-11(2)9-18(13)12-8-15-17(10-12)6-7-19-3/h4,8-10H,1,5-7H2,2-3H3,(H,14,16). The summed E-state index contributed by atoms with van der Waals surface area (Å²) in [4.78, 5) is 4.44. The van der Waals surface area contributed by atoms with Gasteiger partial charge in [-0.15, -0.1) is 6.58 Å². The van der Waals surface area contributed by atoms with Gasteiger partial charge in [-0.25, -0.2) is 4.98 Å². The maximum atomic E-state index is 5.04. The number of ether oxygens (including phenoxy) is 1. The fourth-order valence-electron chi connectivity index (χ4n) is 1.77. The lowest BCUT2D eigenvalue weighted by molar-refractivity contribution is 0.183. The molecule has 0 aliphatic rings. The molecule has 0 atom stereocenters. The van der Waals surface area contributed by atoms with E-state index in [1.807, 2.05) is 34.8 Å². The van der Waals surface area contributed by atoms with E-state index in [-0.39, 0.29) is 0 Å². The van der Waals surface area contributed by atoms with Gasteiger partial charge in [0.15, 0.2) is 0 Å². The molecule has 102 valence electrons. The molecular weight excluding hydrogens is 242 g/mol. The van der Waals surface area contributed by atoms with Crippen molar-refractivity contribution in [1.29, 1.82) is 0 Å². The van der Waals surface area contributed by atoms with E-state index in [1.54, 1.807) is 13.2 Å². The number of aromatic nitrogens is 4. The molecule has 0 radical (unpaired) electrons. The van der Waals surface area contributed by atoms with Crippen LogP contribution in [0.4, 0.5) is 5.95 Å². The van der Waals surface area contributed by atoms with Crippen molar-refractivity contribution < 1.29 is 4.74 Å². The summed E-state index contributed by atoms with van der Waals surface area (Å²) in [5, 5.41) is 7.51. The SMILES string of the molecule is C=CCNc1nc(C)cn1-c1cnn(CCOC)c1. The molecule has 0 aromatic carbocycles. The average molecular weight is 261 g/mol. The number of imidazole rings is 1. The molecular formula is C13H19N5O. The fourth-order valence-corrected chi connectivity index (χ4v) is 1.77. The molecule has 2 aromatic heterocycles. The van der Waals surface area contributed by atoms with Crippen LogP contribution in [0, 0.1) is 6.92 Å². The first kappa shape index (κ1) is 13.4. The van der Waals surface area contributed by atoms with Crippen molar-refractivity contribution in [1.82, 2.24) is 19.3 Å². The molecule has 0 saturated carbocycles. The molecule has 0 saturated heterocycles. The molecule has 6 nitrogen and oxygen atoms in total. The van der Waals surface area contributed by atoms with Crippen LogP contribution in [0.15, 0.2) is 31.2 Å². The van der Waals surface area contributed by atoms with Crippen molar-refractivity contribution in [3.8, 4) is 5.69 Å². The van der Waals surface area contributed by atoms with Gasteiger partial charge in [-0.05, 0) is 6.92 Å². The predicted octanol–water partition coefficient (Wildman–Crippen LogP) is 1.62. The highest BCUT2D eigenvalue weighted by Crippen LogP contribution is 2.15.